The van der Waals surface area contributed by atoms with E-state index in [-0.39, 0.29) is 25.9 Å². The molecule has 1 aliphatic rings. The summed E-state index contributed by atoms with van der Waals surface area (Å²) in [5.74, 6) is -3.23. The van der Waals surface area contributed by atoms with E-state index in [2.05, 4.69) is 154 Å². The Morgan fingerprint density at radius 2 is 0.759 bits per heavy atom. The van der Waals surface area contributed by atoms with Gasteiger partial charge in [-0.25, -0.2) is 4.79 Å². The van der Waals surface area contributed by atoms with Crippen LogP contribution in [-0.4, -0.2) is 89.2 Å². The Morgan fingerprint density at radius 3 is 1.16 bits per heavy atom. The van der Waals surface area contributed by atoms with Gasteiger partial charge in [-0.3, -0.25) is 14.4 Å². The van der Waals surface area contributed by atoms with Gasteiger partial charge in [-0.1, -0.05) is 199 Å². The number of carbonyl (C=O) groups is 4. The molecule has 0 aromatic heterocycles. The van der Waals surface area contributed by atoms with Crippen molar-refractivity contribution in [2.24, 2.45) is 0 Å². The van der Waals surface area contributed by atoms with Crippen LogP contribution in [0.2, 0.25) is 0 Å². The van der Waals surface area contributed by atoms with Crippen LogP contribution in [0.5, 0.6) is 0 Å². The fourth-order valence-corrected chi connectivity index (χ4v) is 8.19. The van der Waals surface area contributed by atoms with E-state index in [1.165, 1.54) is 0 Å². The van der Waals surface area contributed by atoms with Crippen LogP contribution < -0.4 is 0 Å². The largest absolute Gasteiger partial charge is 0.479 e. The summed E-state index contributed by atoms with van der Waals surface area (Å²) in [4.78, 5) is 51.2. The maximum absolute atomic E-state index is 13.1. The monoisotopic (exact) mass is 1100 g/mol. The van der Waals surface area contributed by atoms with Crippen molar-refractivity contribution in [2.75, 3.05) is 13.2 Å². The first-order chi connectivity index (χ1) is 38.6. The van der Waals surface area contributed by atoms with E-state index in [4.69, 9.17) is 23.7 Å². The van der Waals surface area contributed by atoms with Crippen LogP contribution in [0, 0.1) is 0 Å². The zero-order valence-electron chi connectivity index (χ0n) is 48.8. The van der Waals surface area contributed by atoms with Crippen molar-refractivity contribution in [1.82, 2.24) is 0 Å². The summed E-state index contributed by atoms with van der Waals surface area (Å²) in [5, 5.41) is 31.5. The number of rotatable bonds is 49. The Bertz CT molecular complexity index is 1880. The zero-order chi connectivity index (χ0) is 57.5. The minimum atomic E-state index is -1.92. The average molecular weight is 1100 g/mol. The fraction of sp³-hybridized carbons (Fsp3) is 0.612. The number of esters is 3. The fourth-order valence-electron chi connectivity index (χ4n) is 8.19. The molecule has 6 atom stereocenters. The Balaban J connectivity index is 2.72. The molecule has 1 fully saturated rings. The molecule has 1 saturated heterocycles. The minimum Gasteiger partial charge on any atom is -0.479 e. The molecule has 0 amide bonds. The highest BCUT2D eigenvalue weighted by Gasteiger charge is 2.50. The van der Waals surface area contributed by atoms with Gasteiger partial charge >= 0.3 is 23.9 Å². The summed E-state index contributed by atoms with van der Waals surface area (Å²) in [6.45, 7) is 5.59. The Kier molecular flexibility index (Phi) is 48.7. The number of aliphatic hydroxyl groups is 2. The van der Waals surface area contributed by atoms with Gasteiger partial charge in [0.15, 0.2) is 24.6 Å². The number of ether oxygens (including phenoxy) is 5. The quantitative estimate of drug-likeness (QED) is 0.0228. The zero-order valence-corrected chi connectivity index (χ0v) is 48.8. The van der Waals surface area contributed by atoms with Gasteiger partial charge in [0.2, 0.25) is 0 Å². The summed E-state index contributed by atoms with van der Waals surface area (Å²) in [6, 6.07) is 0. The summed E-state index contributed by atoms with van der Waals surface area (Å²) in [6.07, 6.45) is 62.7. The SMILES string of the molecule is CC/C=C\C/C=C\C/C=C\C/C=C\CCCCCCCCC(=O)OC1C(OCC(COC(=O)CCCCCC/C=C\C/C=C\C/C=C\C/C=C\CC)OC(=O)CCCCC/C=C\C/C=C\C/C=C\CC)OC(C(=O)O)C(O)C1O. The second-order valence-electron chi connectivity index (χ2n) is 19.8. The molecule has 444 valence electrons. The molecule has 0 aliphatic carbocycles. The smallest absolute Gasteiger partial charge is 0.335 e. The summed E-state index contributed by atoms with van der Waals surface area (Å²) in [7, 11) is 0. The van der Waals surface area contributed by atoms with Crippen molar-refractivity contribution in [1.29, 1.82) is 0 Å². The highest BCUT2D eigenvalue weighted by molar-refractivity contribution is 5.74. The van der Waals surface area contributed by atoms with Crippen LogP contribution in [0.4, 0.5) is 0 Å². The van der Waals surface area contributed by atoms with E-state index in [1.54, 1.807) is 0 Å². The van der Waals surface area contributed by atoms with E-state index in [0.717, 1.165) is 154 Å². The molecule has 0 aromatic rings. The van der Waals surface area contributed by atoms with E-state index in [1.807, 2.05) is 0 Å². The van der Waals surface area contributed by atoms with Gasteiger partial charge < -0.3 is 39.0 Å². The molecule has 0 saturated carbocycles. The number of aliphatic hydroxyl groups excluding tert-OH is 2. The number of aliphatic carboxylic acids is 1. The van der Waals surface area contributed by atoms with Crippen molar-refractivity contribution < 1.29 is 58.2 Å². The van der Waals surface area contributed by atoms with Crippen molar-refractivity contribution in [2.45, 2.75) is 250 Å². The molecule has 1 aliphatic heterocycles. The van der Waals surface area contributed by atoms with Crippen LogP contribution in [-0.2, 0) is 42.9 Å². The van der Waals surface area contributed by atoms with Crippen LogP contribution in [0.25, 0.3) is 0 Å². The lowest BCUT2D eigenvalue weighted by molar-refractivity contribution is -0.301. The van der Waals surface area contributed by atoms with Crippen LogP contribution in [0.1, 0.15) is 213 Å². The molecular formula is C67H104O12. The number of carbonyl (C=O) groups excluding carboxylic acids is 3. The summed E-state index contributed by atoms with van der Waals surface area (Å²) in [5.41, 5.74) is 0. The van der Waals surface area contributed by atoms with E-state index in [0.29, 0.717) is 19.3 Å². The topological polar surface area (TPSA) is 175 Å². The number of hydrogen-bond acceptors (Lipinski definition) is 11. The highest BCUT2D eigenvalue weighted by Crippen LogP contribution is 2.26. The Morgan fingerprint density at radius 1 is 0.418 bits per heavy atom. The predicted octanol–water partition coefficient (Wildman–Crippen LogP) is 15.8. The number of carboxylic acid groups (broad SMARTS) is 1. The van der Waals surface area contributed by atoms with Crippen molar-refractivity contribution >= 4 is 23.9 Å². The van der Waals surface area contributed by atoms with Gasteiger partial charge in [0.25, 0.3) is 0 Å². The molecule has 3 N–H and O–H groups in total. The predicted molar refractivity (Wildman–Crippen MR) is 321 cm³/mol. The molecule has 12 heteroatoms. The van der Waals surface area contributed by atoms with Gasteiger partial charge in [0.1, 0.15) is 18.8 Å². The van der Waals surface area contributed by atoms with Crippen molar-refractivity contribution in [3.8, 4) is 0 Å². The van der Waals surface area contributed by atoms with Crippen molar-refractivity contribution in [3.05, 3.63) is 134 Å². The third-order valence-corrected chi connectivity index (χ3v) is 12.7. The third kappa shape index (κ3) is 43.4. The minimum absolute atomic E-state index is 0.0304. The van der Waals surface area contributed by atoms with Crippen LogP contribution in [0.3, 0.4) is 0 Å². The molecule has 1 rings (SSSR count). The maximum Gasteiger partial charge on any atom is 0.335 e. The first kappa shape index (κ1) is 71.9. The lowest BCUT2D eigenvalue weighted by Gasteiger charge is -2.40. The molecule has 12 nitrogen and oxygen atoms in total. The Hall–Kier alpha value is -5.14. The second-order valence-corrected chi connectivity index (χ2v) is 19.8. The number of carboxylic acids is 1. The second kappa shape index (κ2) is 53.5. The molecule has 0 spiro atoms. The standard InChI is InChI=1S/C67H104O12/c1-4-7-10-13-16-19-22-25-27-29-30-32-34-37-40-43-46-49-52-55-61(70)78-65-63(72)62(71)64(66(73)74)79-67(65)76-57-58(77-60(69)54-51-48-45-42-39-35-24-21-18-15-12-9-6-3)56-75-59(68)53-50-47-44-41-38-36-33-31-28-26-23-20-17-14-11-8-5-2/h7-12,16-21,25-28,30,32-33,35-36,39,58,62-65,67,71-72H,4-6,13-15,22-24,29,31,34,37-38,40-57H2,1-3H3,(H,73,74)/b10-7-,11-8-,12-9-,19-16-,20-17-,21-18-,27-25-,28-26-,32-30-,36-33-,39-35-. The lowest BCUT2D eigenvalue weighted by Crippen LogP contribution is -2.61. The van der Waals surface area contributed by atoms with Gasteiger partial charge in [0.05, 0.1) is 6.61 Å². The molecule has 6 unspecified atom stereocenters. The van der Waals surface area contributed by atoms with Gasteiger partial charge in [0, 0.05) is 19.3 Å². The van der Waals surface area contributed by atoms with Crippen LogP contribution in [0.15, 0.2) is 134 Å². The molecule has 0 radical (unpaired) electrons. The molecule has 1 heterocycles. The summed E-state index contributed by atoms with van der Waals surface area (Å²) < 4.78 is 28.4. The van der Waals surface area contributed by atoms with E-state index in [9.17, 15) is 34.5 Å². The normalized spacial score (nSPS) is 18.8. The number of unbranched alkanes of at least 4 members (excludes halogenated alkanes) is 13. The lowest BCUT2D eigenvalue weighted by atomic mass is 9.98. The molecule has 79 heavy (non-hydrogen) atoms. The van der Waals surface area contributed by atoms with Crippen molar-refractivity contribution in [3.63, 3.8) is 0 Å². The van der Waals surface area contributed by atoms with E-state index >= 15 is 0 Å². The number of hydrogen-bond donors (Lipinski definition) is 3. The molecule has 0 aromatic carbocycles. The van der Waals surface area contributed by atoms with Gasteiger partial charge in [-0.15, -0.1) is 0 Å². The van der Waals surface area contributed by atoms with Gasteiger partial charge in [-0.05, 0) is 128 Å². The van der Waals surface area contributed by atoms with Crippen LogP contribution >= 0.6 is 0 Å². The first-order valence-electron chi connectivity index (χ1n) is 30.2. The third-order valence-electron chi connectivity index (χ3n) is 12.7. The number of allylic oxidation sites excluding steroid dienone is 22. The average Bonchev–Trinajstić information content (AvgIpc) is 3.46. The molecular weight excluding hydrogens is 997 g/mol. The first-order valence-corrected chi connectivity index (χ1v) is 30.2. The summed E-state index contributed by atoms with van der Waals surface area (Å²) >= 11 is 0. The maximum atomic E-state index is 13.1. The van der Waals surface area contributed by atoms with E-state index < -0.39 is 67.3 Å². The highest BCUT2D eigenvalue weighted by atomic mass is 16.7. The Labute approximate surface area is 477 Å². The van der Waals surface area contributed by atoms with Gasteiger partial charge in [-0.2, -0.15) is 0 Å². The molecule has 0 bridgehead atoms.